The van der Waals surface area contributed by atoms with Gasteiger partial charge in [-0.05, 0) is 5.92 Å². The zero-order valence-corrected chi connectivity index (χ0v) is 11.1. The van der Waals surface area contributed by atoms with E-state index in [1.165, 1.54) is 6.07 Å². The maximum absolute atomic E-state index is 12.7. The van der Waals surface area contributed by atoms with E-state index in [4.69, 9.17) is 5.84 Å². The van der Waals surface area contributed by atoms with E-state index in [1.807, 2.05) is 13.8 Å². The first-order valence-electron chi connectivity index (χ1n) is 5.92. The number of rotatable bonds is 5. The third-order valence-electron chi connectivity index (χ3n) is 2.79. The zero-order chi connectivity index (χ0) is 14.6. The molecule has 108 valence electrons. The number of hydrogen-bond donors (Lipinski definition) is 2. The quantitative estimate of drug-likeness (QED) is 0.638. The predicted octanol–water partition coefficient (Wildman–Crippen LogP) is 2.26. The van der Waals surface area contributed by atoms with Gasteiger partial charge in [0.15, 0.2) is 0 Å². The van der Waals surface area contributed by atoms with Gasteiger partial charge in [0.05, 0.1) is 0 Å². The number of nitrogens with zero attached hydrogens (tertiary/aromatic N) is 3. The standard InChI is InChI=1S/C11H18F3N5/c1-4-7(2)6-19(3)9-5-8(18-15)16-10(17-9)11(12,13)14/h5,7H,4,6,15H2,1-3H3,(H,16,17,18). The van der Waals surface area contributed by atoms with Crippen LogP contribution in [0.5, 0.6) is 0 Å². The Labute approximate surface area is 110 Å². The summed E-state index contributed by atoms with van der Waals surface area (Å²) in [6.07, 6.45) is -3.66. The lowest BCUT2D eigenvalue weighted by atomic mass is 10.1. The van der Waals surface area contributed by atoms with E-state index < -0.39 is 12.0 Å². The maximum Gasteiger partial charge on any atom is 0.451 e. The summed E-state index contributed by atoms with van der Waals surface area (Å²) in [5.74, 6) is 4.41. The van der Waals surface area contributed by atoms with Crippen LogP contribution >= 0.6 is 0 Å². The minimum absolute atomic E-state index is 0.0617. The summed E-state index contributed by atoms with van der Waals surface area (Å²) in [5.41, 5.74) is 2.12. The van der Waals surface area contributed by atoms with E-state index in [0.717, 1.165) is 6.42 Å². The molecule has 0 bridgehead atoms. The van der Waals surface area contributed by atoms with Crippen molar-refractivity contribution in [2.24, 2.45) is 11.8 Å². The molecule has 0 fully saturated rings. The first-order valence-corrected chi connectivity index (χ1v) is 5.92. The average molecular weight is 277 g/mol. The Morgan fingerprint density at radius 2 is 2.05 bits per heavy atom. The normalized spacial score (nSPS) is 13.2. The molecule has 1 unspecified atom stereocenters. The Morgan fingerprint density at radius 3 is 2.53 bits per heavy atom. The van der Waals surface area contributed by atoms with Gasteiger partial charge in [-0.15, -0.1) is 0 Å². The highest BCUT2D eigenvalue weighted by Crippen LogP contribution is 2.29. The molecular formula is C11H18F3N5. The lowest BCUT2D eigenvalue weighted by molar-refractivity contribution is -0.144. The van der Waals surface area contributed by atoms with Crippen molar-refractivity contribution in [3.8, 4) is 0 Å². The number of hydrogen-bond acceptors (Lipinski definition) is 5. The molecule has 0 aliphatic heterocycles. The van der Waals surface area contributed by atoms with Crippen molar-refractivity contribution >= 4 is 11.6 Å². The molecule has 1 aromatic heterocycles. The van der Waals surface area contributed by atoms with Crippen LogP contribution < -0.4 is 16.2 Å². The van der Waals surface area contributed by atoms with Gasteiger partial charge in [-0.2, -0.15) is 13.2 Å². The summed E-state index contributed by atoms with van der Waals surface area (Å²) in [7, 11) is 1.69. The molecule has 0 aromatic carbocycles. The van der Waals surface area contributed by atoms with Crippen LogP contribution in [0.25, 0.3) is 0 Å². The van der Waals surface area contributed by atoms with Crippen LogP contribution in [0.3, 0.4) is 0 Å². The van der Waals surface area contributed by atoms with Crippen molar-refractivity contribution in [1.82, 2.24) is 9.97 Å². The van der Waals surface area contributed by atoms with Gasteiger partial charge in [0.1, 0.15) is 11.6 Å². The van der Waals surface area contributed by atoms with Crippen molar-refractivity contribution in [2.45, 2.75) is 26.4 Å². The van der Waals surface area contributed by atoms with Crippen LogP contribution in [0.15, 0.2) is 6.07 Å². The van der Waals surface area contributed by atoms with Crippen LogP contribution in [-0.4, -0.2) is 23.6 Å². The van der Waals surface area contributed by atoms with E-state index in [0.29, 0.717) is 12.5 Å². The summed E-state index contributed by atoms with van der Waals surface area (Å²) >= 11 is 0. The minimum atomic E-state index is -4.60. The van der Waals surface area contributed by atoms with E-state index in [1.54, 1.807) is 11.9 Å². The van der Waals surface area contributed by atoms with Crippen molar-refractivity contribution < 1.29 is 13.2 Å². The Bertz CT molecular complexity index is 421. The fraction of sp³-hybridized carbons (Fsp3) is 0.636. The number of anilines is 2. The van der Waals surface area contributed by atoms with Gasteiger partial charge < -0.3 is 10.3 Å². The van der Waals surface area contributed by atoms with Gasteiger partial charge in [0, 0.05) is 19.7 Å². The number of nitrogens with one attached hydrogen (secondary N) is 1. The number of nitrogen functional groups attached to an aromatic ring is 1. The number of halogens is 3. The molecule has 3 N–H and O–H groups in total. The van der Waals surface area contributed by atoms with Gasteiger partial charge in [0.2, 0.25) is 5.82 Å². The fourth-order valence-corrected chi connectivity index (χ4v) is 1.52. The molecule has 5 nitrogen and oxygen atoms in total. The van der Waals surface area contributed by atoms with E-state index >= 15 is 0 Å². The minimum Gasteiger partial charge on any atom is -0.359 e. The van der Waals surface area contributed by atoms with Crippen LogP contribution in [0.1, 0.15) is 26.1 Å². The maximum atomic E-state index is 12.7. The summed E-state index contributed by atoms with van der Waals surface area (Å²) in [6.45, 7) is 4.64. The lowest BCUT2D eigenvalue weighted by Gasteiger charge is -2.22. The summed E-state index contributed by atoms with van der Waals surface area (Å²) < 4.78 is 38.0. The summed E-state index contributed by atoms with van der Waals surface area (Å²) in [4.78, 5) is 8.50. The molecule has 0 aliphatic carbocycles. The van der Waals surface area contributed by atoms with E-state index in [-0.39, 0.29) is 11.6 Å². The third kappa shape index (κ3) is 4.23. The SMILES string of the molecule is CCC(C)CN(C)c1cc(NN)nc(C(F)(F)F)n1. The third-order valence-corrected chi connectivity index (χ3v) is 2.79. The summed E-state index contributed by atoms with van der Waals surface area (Å²) in [6, 6.07) is 1.39. The molecule has 0 saturated carbocycles. The highest BCUT2D eigenvalue weighted by molar-refractivity contribution is 5.48. The van der Waals surface area contributed by atoms with E-state index in [9.17, 15) is 13.2 Å². The first kappa shape index (κ1) is 15.5. The number of alkyl halides is 3. The Morgan fingerprint density at radius 1 is 1.42 bits per heavy atom. The molecule has 1 rings (SSSR count). The molecule has 19 heavy (non-hydrogen) atoms. The number of hydrazine groups is 1. The van der Waals surface area contributed by atoms with Crippen molar-refractivity contribution in [2.75, 3.05) is 23.9 Å². The molecule has 0 amide bonds. The largest absolute Gasteiger partial charge is 0.451 e. The molecule has 8 heteroatoms. The van der Waals surface area contributed by atoms with Gasteiger partial charge in [-0.3, -0.25) is 0 Å². The Hall–Kier alpha value is -1.57. The molecule has 1 aromatic rings. The lowest BCUT2D eigenvalue weighted by Crippen LogP contribution is -2.26. The molecule has 0 aliphatic rings. The van der Waals surface area contributed by atoms with Gasteiger partial charge in [-0.25, -0.2) is 15.8 Å². The van der Waals surface area contributed by atoms with Gasteiger partial charge in [-0.1, -0.05) is 20.3 Å². The van der Waals surface area contributed by atoms with E-state index in [2.05, 4.69) is 15.4 Å². The second-order valence-corrected chi connectivity index (χ2v) is 4.47. The second kappa shape index (κ2) is 6.05. The molecule has 1 atom stereocenters. The fourth-order valence-electron chi connectivity index (χ4n) is 1.52. The highest BCUT2D eigenvalue weighted by Gasteiger charge is 2.35. The molecule has 0 spiro atoms. The Balaban J connectivity index is 3.06. The highest BCUT2D eigenvalue weighted by atomic mass is 19.4. The van der Waals surface area contributed by atoms with Crippen LogP contribution in [0, 0.1) is 5.92 Å². The first-order chi connectivity index (χ1) is 8.77. The molecule has 0 saturated heterocycles. The smallest absolute Gasteiger partial charge is 0.359 e. The summed E-state index contributed by atoms with van der Waals surface area (Å²) in [5, 5.41) is 0. The van der Waals surface area contributed by atoms with Gasteiger partial charge >= 0.3 is 6.18 Å². The molecular weight excluding hydrogens is 259 g/mol. The number of aromatic nitrogens is 2. The molecule has 1 heterocycles. The Kier molecular flexibility index (Phi) is 4.93. The second-order valence-electron chi connectivity index (χ2n) is 4.47. The van der Waals surface area contributed by atoms with Crippen LogP contribution in [-0.2, 0) is 6.18 Å². The monoisotopic (exact) mass is 277 g/mol. The van der Waals surface area contributed by atoms with Crippen molar-refractivity contribution in [3.63, 3.8) is 0 Å². The van der Waals surface area contributed by atoms with Crippen LogP contribution in [0.2, 0.25) is 0 Å². The molecule has 0 radical (unpaired) electrons. The van der Waals surface area contributed by atoms with Gasteiger partial charge in [0.25, 0.3) is 0 Å². The zero-order valence-electron chi connectivity index (χ0n) is 11.1. The number of nitrogens with two attached hydrogens (primary N) is 1. The topological polar surface area (TPSA) is 67.1 Å². The van der Waals surface area contributed by atoms with Crippen molar-refractivity contribution in [3.05, 3.63) is 11.9 Å². The van der Waals surface area contributed by atoms with Crippen molar-refractivity contribution in [1.29, 1.82) is 0 Å². The average Bonchev–Trinajstić information content (AvgIpc) is 2.36. The van der Waals surface area contributed by atoms with Crippen LogP contribution in [0.4, 0.5) is 24.8 Å². The predicted molar refractivity (Wildman–Crippen MR) is 67.6 cm³/mol.